The molecular weight excluding hydrogens is 262 g/mol. The molecule has 1 rings (SSSR count). The number of primary amides is 1. The molecule has 4 heteroatoms. The van der Waals surface area contributed by atoms with E-state index < -0.39 is 5.54 Å². The molecule has 2 unspecified atom stereocenters. The first-order chi connectivity index (χ1) is 9.95. The van der Waals surface area contributed by atoms with Gasteiger partial charge in [0.25, 0.3) is 0 Å². The van der Waals surface area contributed by atoms with Gasteiger partial charge in [-0.3, -0.25) is 4.79 Å². The van der Waals surface area contributed by atoms with E-state index in [0.717, 1.165) is 32.4 Å². The molecule has 2 atom stereocenters. The van der Waals surface area contributed by atoms with E-state index in [-0.39, 0.29) is 11.9 Å². The number of nitrogens with two attached hydrogens (primary N) is 1. The van der Waals surface area contributed by atoms with Crippen molar-refractivity contribution >= 4 is 5.91 Å². The van der Waals surface area contributed by atoms with Gasteiger partial charge in [-0.25, -0.2) is 0 Å². The van der Waals surface area contributed by atoms with Crippen LogP contribution in [-0.2, 0) is 4.79 Å². The maximum Gasteiger partial charge on any atom is 0.237 e. The fourth-order valence-electron chi connectivity index (χ4n) is 3.51. The van der Waals surface area contributed by atoms with Gasteiger partial charge in [-0.2, -0.15) is 0 Å². The topological polar surface area (TPSA) is 58.4 Å². The molecule has 0 aromatic carbocycles. The first-order valence-electron chi connectivity index (χ1n) is 8.76. The zero-order valence-electron chi connectivity index (χ0n) is 14.5. The smallest absolute Gasteiger partial charge is 0.237 e. The number of rotatable bonds is 10. The van der Waals surface area contributed by atoms with Crippen LogP contribution in [0.1, 0.15) is 72.6 Å². The van der Waals surface area contributed by atoms with E-state index in [9.17, 15) is 4.79 Å². The molecule has 0 radical (unpaired) electrons. The van der Waals surface area contributed by atoms with Crippen LogP contribution in [0, 0.1) is 0 Å². The van der Waals surface area contributed by atoms with Crippen LogP contribution in [0.15, 0.2) is 0 Å². The Morgan fingerprint density at radius 1 is 1.29 bits per heavy atom. The van der Waals surface area contributed by atoms with Crippen LogP contribution in [0.5, 0.6) is 0 Å². The van der Waals surface area contributed by atoms with Gasteiger partial charge in [0.15, 0.2) is 0 Å². The van der Waals surface area contributed by atoms with Gasteiger partial charge >= 0.3 is 0 Å². The molecule has 1 fully saturated rings. The molecule has 0 spiro atoms. The van der Waals surface area contributed by atoms with Crippen molar-refractivity contribution in [2.75, 3.05) is 13.1 Å². The Hall–Kier alpha value is -0.610. The van der Waals surface area contributed by atoms with Gasteiger partial charge in [0, 0.05) is 12.1 Å². The first-order valence-corrected chi connectivity index (χ1v) is 8.76. The highest BCUT2D eigenvalue weighted by atomic mass is 16.1. The molecule has 1 saturated carbocycles. The van der Waals surface area contributed by atoms with Gasteiger partial charge in [-0.1, -0.05) is 26.7 Å². The van der Waals surface area contributed by atoms with Crippen molar-refractivity contribution < 1.29 is 4.79 Å². The van der Waals surface area contributed by atoms with E-state index in [2.05, 4.69) is 37.9 Å². The van der Waals surface area contributed by atoms with Crippen LogP contribution in [0.4, 0.5) is 0 Å². The molecule has 1 aliphatic carbocycles. The van der Waals surface area contributed by atoms with Gasteiger partial charge < -0.3 is 16.0 Å². The summed E-state index contributed by atoms with van der Waals surface area (Å²) in [6.45, 7) is 10.9. The van der Waals surface area contributed by atoms with Crippen molar-refractivity contribution in [1.29, 1.82) is 0 Å². The molecule has 0 aromatic heterocycles. The van der Waals surface area contributed by atoms with Gasteiger partial charge in [-0.05, 0) is 59.0 Å². The zero-order chi connectivity index (χ0) is 15.9. The third-order valence-corrected chi connectivity index (χ3v) is 4.64. The van der Waals surface area contributed by atoms with Gasteiger partial charge in [0.2, 0.25) is 5.91 Å². The van der Waals surface area contributed by atoms with E-state index in [1.54, 1.807) is 0 Å². The zero-order valence-corrected chi connectivity index (χ0v) is 14.5. The lowest BCUT2D eigenvalue weighted by Crippen LogP contribution is -2.56. The van der Waals surface area contributed by atoms with Crippen LogP contribution in [0.3, 0.4) is 0 Å². The van der Waals surface area contributed by atoms with Crippen LogP contribution >= 0.6 is 0 Å². The SMILES string of the molecule is CCCCN(CCCC)C1CCC(NC(C)C)(C(N)=O)C1. The lowest BCUT2D eigenvalue weighted by Gasteiger charge is -2.33. The average Bonchev–Trinajstić information content (AvgIpc) is 2.83. The van der Waals surface area contributed by atoms with Crippen LogP contribution < -0.4 is 11.1 Å². The summed E-state index contributed by atoms with van der Waals surface area (Å²) in [6.07, 6.45) is 7.74. The van der Waals surface area contributed by atoms with Crippen molar-refractivity contribution in [1.82, 2.24) is 10.2 Å². The van der Waals surface area contributed by atoms with Crippen LogP contribution in [-0.4, -0.2) is 41.5 Å². The Bertz CT molecular complexity index is 311. The Balaban J connectivity index is 2.71. The summed E-state index contributed by atoms with van der Waals surface area (Å²) in [5.41, 5.74) is 5.23. The monoisotopic (exact) mass is 297 g/mol. The Morgan fingerprint density at radius 3 is 2.29 bits per heavy atom. The average molecular weight is 297 g/mol. The Labute approximate surface area is 130 Å². The normalized spacial score (nSPS) is 25.9. The first kappa shape index (κ1) is 18.4. The summed E-state index contributed by atoms with van der Waals surface area (Å²) in [7, 11) is 0. The van der Waals surface area contributed by atoms with Gasteiger partial charge in [0.1, 0.15) is 0 Å². The fourth-order valence-corrected chi connectivity index (χ4v) is 3.51. The van der Waals surface area contributed by atoms with E-state index in [4.69, 9.17) is 5.73 Å². The predicted molar refractivity (Wildman–Crippen MR) is 89.2 cm³/mol. The number of hydrogen-bond acceptors (Lipinski definition) is 3. The number of nitrogens with one attached hydrogen (secondary N) is 1. The van der Waals surface area contributed by atoms with E-state index in [1.807, 2.05) is 0 Å². The summed E-state index contributed by atoms with van der Waals surface area (Å²) in [6, 6.07) is 0.790. The number of carbonyl (C=O) groups is 1. The largest absolute Gasteiger partial charge is 0.368 e. The lowest BCUT2D eigenvalue weighted by molar-refractivity contribution is -0.124. The number of hydrogen-bond donors (Lipinski definition) is 2. The van der Waals surface area contributed by atoms with Crippen LogP contribution in [0.2, 0.25) is 0 Å². The third-order valence-electron chi connectivity index (χ3n) is 4.64. The van der Waals surface area contributed by atoms with E-state index in [1.165, 1.54) is 25.7 Å². The molecule has 0 saturated heterocycles. The second-order valence-electron chi connectivity index (χ2n) is 6.89. The molecule has 1 aliphatic rings. The highest BCUT2D eigenvalue weighted by Crippen LogP contribution is 2.34. The molecule has 0 heterocycles. The summed E-state index contributed by atoms with van der Waals surface area (Å²) < 4.78 is 0. The molecule has 0 bridgehead atoms. The fraction of sp³-hybridized carbons (Fsp3) is 0.941. The number of nitrogens with zero attached hydrogens (tertiary/aromatic N) is 1. The maximum absolute atomic E-state index is 12.0. The maximum atomic E-state index is 12.0. The molecular formula is C17H35N3O. The predicted octanol–water partition coefficient (Wildman–Crippen LogP) is 2.66. The summed E-state index contributed by atoms with van der Waals surface area (Å²) in [4.78, 5) is 14.6. The Morgan fingerprint density at radius 2 is 1.86 bits per heavy atom. The highest BCUT2D eigenvalue weighted by molar-refractivity contribution is 5.85. The molecule has 3 N–H and O–H groups in total. The van der Waals surface area contributed by atoms with E-state index >= 15 is 0 Å². The molecule has 21 heavy (non-hydrogen) atoms. The minimum atomic E-state index is -0.491. The second-order valence-corrected chi connectivity index (χ2v) is 6.89. The minimum absolute atomic E-state index is 0.176. The van der Waals surface area contributed by atoms with Gasteiger partial charge in [-0.15, -0.1) is 0 Å². The quantitative estimate of drug-likeness (QED) is 0.652. The van der Waals surface area contributed by atoms with E-state index in [0.29, 0.717) is 6.04 Å². The highest BCUT2D eigenvalue weighted by Gasteiger charge is 2.45. The van der Waals surface area contributed by atoms with Crippen molar-refractivity contribution in [3.05, 3.63) is 0 Å². The number of carbonyl (C=O) groups excluding carboxylic acids is 1. The van der Waals surface area contributed by atoms with Crippen molar-refractivity contribution in [3.8, 4) is 0 Å². The summed E-state index contributed by atoms with van der Waals surface area (Å²) in [5.74, 6) is -0.176. The molecule has 4 nitrogen and oxygen atoms in total. The summed E-state index contributed by atoms with van der Waals surface area (Å²) >= 11 is 0. The molecule has 124 valence electrons. The lowest BCUT2D eigenvalue weighted by atomic mass is 9.95. The second kappa shape index (κ2) is 8.74. The standard InChI is InChI=1S/C17H35N3O/c1-5-7-11-20(12-8-6-2)15-9-10-17(13-15,16(18)21)19-14(3)4/h14-15,19H,5-13H2,1-4H3,(H2,18,21). The van der Waals surface area contributed by atoms with Crippen molar-refractivity contribution in [2.24, 2.45) is 5.73 Å². The third kappa shape index (κ3) is 5.26. The number of unbranched alkanes of at least 4 members (excludes halogenated alkanes) is 2. The van der Waals surface area contributed by atoms with Gasteiger partial charge in [0.05, 0.1) is 5.54 Å². The molecule has 0 aromatic rings. The summed E-state index contributed by atoms with van der Waals surface area (Å²) in [5, 5.41) is 3.45. The Kier molecular flexibility index (Phi) is 7.67. The van der Waals surface area contributed by atoms with Crippen LogP contribution in [0.25, 0.3) is 0 Å². The van der Waals surface area contributed by atoms with Crippen molar-refractivity contribution in [3.63, 3.8) is 0 Å². The van der Waals surface area contributed by atoms with Crippen molar-refractivity contribution in [2.45, 2.75) is 90.3 Å². The molecule has 0 aliphatic heterocycles. The minimum Gasteiger partial charge on any atom is -0.368 e. The molecule has 1 amide bonds. The number of amides is 1.